The zero-order valence-electron chi connectivity index (χ0n) is 9.35. The molecule has 0 saturated heterocycles. The molecule has 0 saturated carbocycles. The van der Waals surface area contributed by atoms with Gasteiger partial charge in [0.1, 0.15) is 16.2 Å². The van der Waals surface area contributed by atoms with Crippen molar-refractivity contribution in [3.63, 3.8) is 0 Å². The summed E-state index contributed by atoms with van der Waals surface area (Å²) in [7, 11) is 0. The standard InChI is InChI=1S/C13H11BrN2O/c1-9-4-5-11-13(14)15-12(16(11)8-9)7-10-3-2-6-17-10/h2-6,8H,7H2,1H3. The summed E-state index contributed by atoms with van der Waals surface area (Å²) >= 11 is 3.48. The number of nitrogens with zero attached hydrogens (tertiary/aromatic N) is 2. The highest BCUT2D eigenvalue weighted by molar-refractivity contribution is 9.10. The van der Waals surface area contributed by atoms with Gasteiger partial charge in [-0.25, -0.2) is 4.98 Å². The Balaban J connectivity index is 2.13. The van der Waals surface area contributed by atoms with Gasteiger partial charge in [-0.05, 0) is 46.6 Å². The van der Waals surface area contributed by atoms with Gasteiger partial charge < -0.3 is 8.82 Å². The van der Waals surface area contributed by atoms with Crippen molar-refractivity contribution < 1.29 is 4.42 Å². The highest BCUT2D eigenvalue weighted by atomic mass is 79.9. The van der Waals surface area contributed by atoms with Gasteiger partial charge >= 0.3 is 0 Å². The van der Waals surface area contributed by atoms with E-state index in [0.717, 1.165) is 21.7 Å². The zero-order chi connectivity index (χ0) is 11.8. The Bertz CT molecular complexity index is 655. The van der Waals surface area contributed by atoms with Crippen molar-refractivity contribution in [1.82, 2.24) is 9.38 Å². The van der Waals surface area contributed by atoms with Gasteiger partial charge in [0.15, 0.2) is 0 Å². The number of halogens is 1. The average Bonchev–Trinajstić information content (AvgIpc) is 2.89. The van der Waals surface area contributed by atoms with E-state index in [0.29, 0.717) is 6.42 Å². The minimum atomic E-state index is 0.698. The number of furan rings is 1. The third-order valence-electron chi connectivity index (χ3n) is 2.73. The van der Waals surface area contributed by atoms with Crippen LogP contribution in [0.3, 0.4) is 0 Å². The summed E-state index contributed by atoms with van der Waals surface area (Å²) in [6.07, 6.45) is 4.47. The van der Waals surface area contributed by atoms with E-state index in [9.17, 15) is 0 Å². The number of hydrogen-bond acceptors (Lipinski definition) is 2. The van der Waals surface area contributed by atoms with E-state index in [1.807, 2.05) is 12.1 Å². The summed E-state index contributed by atoms with van der Waals surface area (Å²) in [6.45, 7) is 2.07. The predicted octanol–water partition coefficient (Wildman–Crippen LogP) is 3.59. The predicted molar refractivity (Wildman–Crippen MR) is 69.1 cm³/mol. The molecule has 0 aliphatic rings. The van der Waals surface area contributed by atoms with Gasteiger partial charge in [0.2, 0.25) is 0 Å². The fourth-order valence-electron chi connectivity index (χ4n) is 1.91. The van der Waals surface area contributed by atoms with Gasteiger partial charge in [-0.3, -0.25) is 0 Å². The maximum atomic E-state index is 5.36. The molecule has 0 spiro atoms. The molecule has 0 fully saturated rings. The molecule has 86 valence electrons. The first-order valence-electron chi connectivity index (χ1n) is 5.39. The summed E-state index contributed by atoms with van der Waals surface area (Å²) in [5, 5.41) is 0. The lowest BCUT2D eigenvalue weighted by Gasteiger charge is -2.00. The molecule has 3 heterocycles. The Kier molecular flexibility index (Phi) is 2.52. The second kappa shape index (κ2) is 4.04. The van der Waals surface area contributed by atoms with Crippen LogP contribution in [0.5, 0.6) is 0 Å². The molecule has 0 aliphatic heterocycles. The molecule has 0 atom stereocenters. The Labute approximate surface area is 107 Å². The van der Waals surface area contributed by atoms with Crippen LogP contribution in [0.4, 0.5) is 0 Å². The first-order valence-corrected chi connectivity index (χ1v) is 6.19. The van der Waals surface area contributed by atoms with E-state index in [-0.39, 0.29) is 0 Å². The van der Waals surface area contributed by atoms with E-state index < -0.39 is 0 Å². The van der Waals surface area contributed by atoms with Crippen molar-refractivity contribution in [1.29, 1.82) is 0 Å². The monoisotopic (exact) mass is 290 g/mol. The first-order chi connectivity index (χ1) is 8.24. The molecular formula is C13H11BrN2O. The number of fused-ring (bicyclic) bond motifs is 1. The number of imidazole rings is 1. The van der Waals surface area contributed by atoms with Gasteiger partial charge in [0.25, 0.3) is 0 Å². The molecule has 4 heteroatoms. The summed E-state index contributed by atoms with van der Waals surface area (Å²) in [5.41, 5.74) is 2.29. The second-order valence-corrected chi connectivity index (χ2v) is 4.79. The first kappa shape index (κ1) is 10.6. The van der Waals surface area contributed by atoms with E-state index in [1.165, 1.54) is 5.56 Å². The zero-order valence-corrected chi connectivity index (χ0v) is 10.9. The third kappa shape index (κ3) is 1.89. The topological polar surface area (TPSA) is 30.4 Å². The van der Waals surface area contributed by atoms with Crippen LogP contribution >= 0.6 is 15.9 Å². The van der Waals surface area contributed by atoms with Crippen molar-refractivity contribution in [2.24, 2.45) is 0 Å². The summed E-state index contributed by atoms with van der Waals surface area (Å²) in [4.78, 5) is 4.53. The Morgan fingerprint density at radius 1 is 1.35 bits per heavy atom. The van der Waals surface area contributed by atoms with Crippen LogP contribution in [0.15, 0.2) is 45.7 Å². The summed E-state index contributed by atoms with van der Waals surface area (Å²) in [5.74, 6) is 1.90. The normalized spacial score (nSPS) is 11.2. The fraction of sp³-hybridized carbons (Fsp3) is 0.154. The highest BCUT2D eigenvalue weighted by Crippen LogP contribution is 2.21. The molecule has 0 amide bonds. The Morgan fingerprint density at radius 3 is 3.00 bits per heavy atom. The van der Waals surface area contributed by atoms with Gasteiger partial charge in [-0.1, -0.05) is 6.07 Å². The van der Waals surface area contributed by atoms with E-state index in [1.54, 1.807) is 6.26 Å². The maximum Gasteiger partial charge on any atom is 0.132 e. The molecule has 0 aromatic carbocycles. The number of aryl methyl sites for hydroxylation is 1. The number of rotatable bonds is 2. The molecule has 0 unspecified atom stereocenters. The SMILES string of the molecule is Cc1ccc2c(Br)nc(Cc3ccco3)n2c1. The highest BCUT2D eigenvalue weighted by Gasteiger charge is 2.10. The van der Waals surface area contributed by atoms with Crippen LogP contribution in [-0.2, 0) is 6.42 Å². The van der Waals surface area contributed by atoms with Gasteiger partial charge in [0, 0.05) is 6.20 Å². The fourth-order valence-corrected chi connectivity index (χ4v) is 2.43. The van der Waals surface area contributed by atoms with Crippen molar-refractivity contribution in [3.05, 3.63) is 58.5 Å². The largest absolute Gasteiger partial charge is 0.469 e. The molecule has 0 radical (unpaired) electrons. The molecule has 3 nitrogen and oxygen atoms in total. The van der Waals surface area contributed by atoms with Gasteiger partial charge in [-0.15, -0.1) is 0 Å². The second-order valence-electron chi connectivity index (χ2n) is 4.04. The van der Waals surface area contributed by atoms with Crippen LogP contribution in [0.1, 0.15) is 17.1 Å². The van der Waals surface area contributed by atoms with Crippen molar-refractivity contribution in [3.8, 4) is 0 Å². The van der Waals surface area contributed by atoms with Gasteiger partial charge in [-0.2, -0.15) is 0 Å². The average molecular weight is 291 g/mol. The number of hydrogen-bond donors (Lipinski definition) is 0. The molecule has 3 aromatic heterocycles. The van der Waals surface area contributed by atoms with Gasteiger partial charge in [0.05, 0.1) is 18.2 Å². The van der Waals surface area contributed by atoms with Crippen molar-refractivity contribution >= 4 is 21.4 Å². The maximum absolute atomic E-state index is 5.36. The van der Waals surface area contributed by atoms with Crippen LogP contribution in [0, 0.1) is 6.92 Å². The van der Waals surface area contributed by atoms with E-state index in [2.05, 4.69) is 50.6 Å². The molecule has 17 heavy (non-hydrogen) atoms. The molecule has 3 rings (SSSR count). The van der Waals surface area contributed by atoms with Crippen LogP contribution in [0.25, 0.3) is 5.52 Å². The Hall–Kier alpha value is -1.55. The molecule has 0 N–H and O–H groups in total. The molecule has 0 bridgehead atoms. The van der Waals surface area contributed by atoms with Crippen molar-refractivity contribution in [2.45, 2.75) is 13.3 Å². The summed E-state index contributed by atoms with van der Waals surface area (Å²) < 4.78 is 8.33. The van der Waals surface area contributed by atoms with Crippen LogP contribution in [0.2, 0.25) is 0 Å². The number of aromatic nitrogens is 2. The van der Waals surface area contributed by atoms with Crippen LogP contribution in [-0.4, -0.2) is 9.38 Å². The smallest absolute Gasteiger partial charge is 0.132 e. The lowest BCUT2D eigenvalue weighted by molar-refractivity contribution is 0.516. The lowest BCUT2D eigenvalue weighted by Crippen LogP contribution is -1.95. The third-order valence-corrected chi connectivity index (χ3v) is 3.31. The van der Waals surface area contributed by atoms with Crippen molar-refractivity contribution in [2.75, 3.05) is 0 Å². The lowest BCUT2D eigenvalue weighted by atomic mass is 10.3. The van der Waals surface area contributed by atoms with E-state index in [4.69, 9.17) is 4.42 Å². The number of pyridine rings is 1. The summed E-state index contributed by atoms with van der Waals surface area (Å²) in [6, 6.07) is 8.01. The Morgan fingerprint density at radius 2 is 2.24 bits per heavy atom. The minimum Gasteiger partial charge on any atom is -0.469 e. The van der Waals surface area contributed by atoms with E-state index >= 15 is 0 Å². The molecule has 3 aromatic rings. The minimum absolute atomic E-state index is 0.698. The van der Waals surface area contributed by atoms with Crippen LogP contribution < -0.4 is 0 Å². The molecule has 0 aliphatic carbocycles. The quantitative estimate of drug-likeness (QED) is 0.722. The molecular weight excluding hydrogens is 280 g/mol.